The summed E-state index contributed by atoms with van der Waals surface area (Å²) in [5.74, 6) is -0.592. The summed E-state index contributed by atoms with van der Waals surface area (Å²) in [6.07, 6.45) is 0. The molecule has 0 aliphatic carbocycles. The lowest BCUT2D eigenvalue weighted by atomic mass is 10.1. The molecule has 23 heavy (non-hydrogen) atoms. The van der Waals surface area contributed by atoms with Gasteiger partial charge in [0.05, 0.1) is 17.9 Å². The molecule has 2 aromatic rings. The highest BCUT2D eigenvalue weighted by atomic mass is 16.2. The number of amides is 2. The number of carbonyl (C=O) groups is 2. The number of benzene rings is 1. The minimum Gasteiger partial charge on any atom is -0.347 e. The Morgan fingerprint density at radius 1 is 1.13 bits per heavy atom. The smallest absolute Gasteiger partial charge is 0.274 e. The second kappa shape index (κ2) is 6.60. The zero-order valence-corrected chi connectivity index (χ0v) is 14.0. The third-order valence-corrected chi connectivity index (χ3v) is 3.46. The number of aryl methyl sites for hydroxylation is 2. The van der Waals surface area contributed by atoms with Crippen LogP contribution in [0, 0.1) is 20.8 Å². The summed E-state index contributed by atoms with van der Waals surface area (Å²) in [6, 6.07) is 6.02. The Hall–Kier alpha value is -2.70. The van der Waals surface area contributed by atoms with Crippen LogP contribution in [0.25, 0.3) is 5.69 Å². The van der Waals surface area contributed by atoms with Crippen LogP contribution in [-0.2, 0) is 4.79 Å². The van der Waals surface area contributed by atoms with Crippen molar-refractivity contribution in [2.24, 2.45) is 0 Å². The maximum Gasteiger partial charge on any atom is 0.274 e. The molecule has 0 aliphatic rings. The normalized spacial score (nSPS) is 10.5. The van der Waals surface area contributed by atoms with Crippen molar-refractivity contribution < 1.29 is 9.59 Å². The zero-order chi connectivity index (χ0) is 17.1. The molecule has 0 fully saturated rings. The largest absolute Gasteiger partial charge is 0.347 e. The summed E-state index contributed by atoms with van der Waals surface area (Å²) >= 11 is 0. The topological polar surface area (TPSA) is 80.1 Å². The van der Waals surface area contributed by atoms with Crippen molar-refractivity contribution in [3.63, 3.8) is 0 Å². The molecule has 0 radical (unpaired) electrons. The molecule has 122 valence electrons. The number of likely N-dealkylation sites (N-methyl/N-ethyl adjacent to an activating group) is 1. The number of hydrogen-bond acceptors (Lipinski definition) is 4. The van der Waals surface area contributed by atoms with Gasteiger partial charge in [-0.25, -0.2) is 4.68 Å². The first-order valence-corrected chi connectivity index (χ1v) is 7.29. The summed E-state index contributed by atoms with van der Waals surface area (Å²) in [4.78, 5) is 25.1. The molecule has 0 unspecified atom stereocenters. The van der Waals surface area contributed by atoms with Crippen LogP contribution in [0.15, 0.2) is 18.2 Å². The second-order valence-corrected chi connectivity index (χ2v) is 5.75. The molecular formula is C16H21N5O2. The fourth-order valence-electron chi connectivity index (χ4n) is 2.25. The Labute approximate surface area is 135 Å². The first-order valence-electron chi connectivity index (χ1n) is 7.29. The first-order chi connectivity index (χ1) is 10.8. The zero-order valence-electron chi connectivity index (χ0n) is 14.0. The van der Waals surface area contributed by atoms with Crippen molar-refractivity contribution in [3.05, 3.63) is 40.7 Å². The van der Waals surface area contributed by atoms with Gasteiger partial charge in [-0.3, -0.25) is 9.59 Å². The van der Waals surface area contributed by atoms with Crippen LogP contribution in [0.4, 0.5) is 0 Å². The minimum atomic E-state index is -0.409. The van der Waals surface area contributed by atoms with Gasteiger partial charge in [0.25, 0.3) is 5.91 Å². The molecule has 0 aliphatic heterocycles. The highest BCUT2D eigenvalue weighted by Gasteiger charge is 2.18. The van der Waals surface area contributed by atoms with E-state index in [-0.39, 0.29) is 18.1 Å². The molecular weight excluding hydrogens is 294 g/mol. The summed E-state index contributed by atoms with van der Waals surface area (Å²) in [6.45, 7) is 5.72. The van der Waals surface area contributed by atoms with Crippen molar-refractivity contribution in [2.75, 3.05) is 20.6 Å². The molecule has 0 spiro atoms. The predicted molar refractivity (Wildman–Crippen MR) is 86.6 cm³/mol. The van der Waals surface area contributed by atoms with E-state index in [0.29, 0.717) is 5.69 Å². The van der Waals surface area contributed by atoms with Crippen molar-refractivity contribution >= 4 is 11.8 Å². The summed E-state index contributed by atoms with van der Waals surface area (Å²) in [7, 11) is 3.27. The first kappa shape index (κ1) is 16.7. The minimum absolute atomic E-state index is 0.0678. The van der Waals surface area contributed by atoms with Gasteiger partial charge in [-0.1, -0.05) is 11.3 Å². The van der Waals surface area contributed by atoms with Gasteiger partial charge >= 0.3 is 0 Å². The van der Waals surface area contributed by atoms with E-state index in [1.54, 1.807) is 25.7 Å². The van der Waals surface area contributed by atoms with Crippen LogP contribution < -0.4 is 5.32 Å². The van der Waals surface area contributed by atoms with E-state index < -0.39 is 5.91 Å². The number of carbonyl (C=O) groups excluding carboxylic acids is 2. The molecule has 7 heteroatoms. The van der Waals surface area contributed by atoms with E-state index in [1.165, 1.54) is 4.90 Å². The third kappa shape index (κ3) is 3.74. The standard InChI is InChI=1S/C16H21N5O2/c1-10-6-11(2)8-13(7-10)21-12(3)15(18-19-21)16(23)17-9-14(22)20(4)5/h6-8H,9H2,1-5H3,(H,17,23). The van der Waals surface area contributed by atoms with E-state index in [0.717, 1.165) is 16.8 Å². The molecule has 1 N–H and O–H groups in total. The molecule has 2 rings (SSSR count). The maximum absolute atomic E-state index is 12.2. The predicted octanol–water partition coefficient (Wildman–Crippen LogP) is 1.01. The van der Waals surface area contributed by atoms with Crippen LogP contribution in [0.3, 0.4) is 0 Å². The Kier molecular flexibility index (Phi) is 4.78. The fourth-order valence-corrected chi connectivity index (χ4v) is 2.25. The van der Waals surface area contributed by atoms with Gasteiger partial charge in [-0.15, -0.1) is 5.10 Å². The number of rotatable bonds is 4. The van der Waals surface area contributed by atoms with Crippen LogP contribution in [0.2, 0.25) is 0 Å². The number of hydrogen-bond donors (Lipinski definition) is 1. The summed E-state index contributed by atoms with van der Waals surface area (Å²) in [5.41, 5.74) is 3.92. The quantitative estimate of drug-likeness (QED) is 0.913. The van der Waals surface area contributed by atoms with E-state index in [9.17, 15) is 9.59 Å². The molecule has 0 saturated heterocycles. The number of nitrogens with one attached hydrogen (secondary N) is 1. The highest BCUT2D eigenvalue weighted by Crippen LogP contribution is 2.16. The van der Waals surface area contributed by atoms with Gasteiger partial charge in [0.2, 0.25) is 5.91 Å². The highest BCUT2D eigenvalue weighted by molar-refractivity contribution is 5.95. The Balaban J connectivity index is 2.22. The van der Waals surface area contributed by atoms with E-state index in [1.807, 2.05) is 26.0 Å². The van der Waals surface area contributed by atoms with Gasteiger partial charge in [0, 0.05) is 14.1 Å². The maximum atomic E-state index is 12.2. The fraction of sp³-hybridized carbons (Fsp3) is 0.375. The van der Waals surface area contributed by atoms with Crippen LogP contribution >= 0.6 is 0 Å². The monoisotopic (exact) mass is 315 g/mol. The van der Waals surface area contributed by atoms with Crippen molar-refractivity contribution in [3.8, 4) is 5.69 Å². The summed E-state index contributed by atoms with van der Waals surface area (Å²) in [5, 5.41) is 10.6. The van der Waals surface area contributed by atoms with Gasteiger partial charge in [0.1, 0.15) is 0 Å². The molecule has 0 atom stereocenters. The molecule has 0 saturated carbocycles. The molecule has 1 aromatic carbocycles. The molecule has 1 heterocycles. The van der Waals surface area contributed by atoms with Crippen molar-refractivity contribution in [1.82, 2.24) is 25.2 Å². The Morgan fingerprint density at radius 3 is 2.30 bits per heavy atom. The second-order valence-electron chi connectivity index (χ2n) is 5.75. The lowest BCUT2D eigenvalue weighted by Crippen LogP contribution is -2.36. The van der Waals surface area contributed by atoms with E-state index in [4.69, 9.17) is 0 Å². The molecule has 0 bridgehead atoms. The molecule has 2 amide bonds. The van der Waals surface area contributed by atoms with E-state index >= 15 is 0 Å². The summed E-state index contributed by atoms with van der Waals surface area (Å²) < 4.78 is 1.63. The van der Waals surface area contributed by atoms with Crippen LogP contribution in [-0.4, -0.2) is 52.3 Å². The lowest BCUT2D eigenvalue weighted by Gasteiger charge is -2.10. The SMILES string of the molecule is Cc1cc(C)cc(-n2nnc(C(=O)NCC(=O)N(C)C)c2C)c1. The van der Waals surface area contributed by atoms with Gasteiger partial charge in [-0.05, 0) is 44.0 Å². The Morgan fingerprint density at radius 2 is 1.74 bits per heavy atom. The Bertz CT molecular complexity index is 729. The van der Waals surface area contributed by atoms with Crippen molar-refractivity contribution in [1.29, 1.82) is 0 Å². The van der Waals surface area contributed by atoms with E-state index in [2.05, 4.69) is 21.7 Å². The number of nitrogens with zero attached hydrogens (tertiary/aromatic N) is 4. The van der Waals surface area contributed by atoms with Crippen molar-refractivity contribution in [2.45, 2.75) is 20.8 Å². The number of aromatic nitrogens is 3. The van der Waals surface area contributed by atoms with Crippen LogP contribution in [0.5, 0.6) is 0 Å². The molecule has 1 aromatic heterocycles. The van der Waals surface area contributed by atoms with Gasteiger partial charge in [-0.2, -0.15) is 0 Å². The average molecular weight is 315 g/mol. The third-order valence-electron chi connectivity index (χ3n) is 3.46. The average Bonchev–Trinajstić information content (AvgIpc) is 2.85. The van der Waals surface area contributed by atoms with Crippen LogP contribution in [0.1, 0.15) is 27.3 Å². The lowest BCUT2D eigenvalue weighted by molar-refractivity contribution is -0.127. The molecule has 7 nitrogen and oxygen atoms in total. The van der Waals surface area contributed by atoms with Gasteiger partial charge < -0.3 is 10.2 Å². The van der Waals surface area contributed by atoms with Gasteiger partial charge in [0.15, 0.2) is 5.69 Å².